The average molecular weight is 451 g/mol. The van der Waals surface area contributed by atoms with Gasteiger partial charge in [-0.05, 0) is 60.5 Å². The number of carbonyl (C=O) groups is 1. The van der Waals surface area contributed by atoms with Gasteiger partial charge in [-0.25, -0.2) is 4.39 Å². The van der Waals surface area contributed by atoms with E-state index in [1.54, 1.807) is 12.1 Å². The Balaban J connectivity index is 1.83. The Morgan fingerprint density at radius 2 is 1.84 bits per heavy atom. The summed E-state index contributed by atoms with van der Waals surface area (Å²) in [5, 5.41) is 12.3. The quantitative estimate of drug-likeness (QED) is 0.337. The molecule has 0 saturated heterocycles. The van der Waals surface area contributed by atoms with E-state index >= 15 is 0 Å². The van der Waals surface area contributed by atoms with Gasteiger partial charge in [-0.2, -0.15) is 5.26 Å². The lowest BCUT2D eigenvalue weighted by Crippen LogP contribution is -2.13. The molecule has 0 aliphatic heterocycles. The van der Waals surface area contributed by atoms with Crippen LogP contribution in [0, 0.1) is 17.1 Å². The Labute approximate surface area is 190 Å². The van der Waals surface area contributed by atoms with Gasteiger partial charge >= 0.3 is 0 Å². The zero-order chi connectivity index (χ0) is 22.9. The monoisotopic (exact) mass is 450 g/mol. The maximum atomic E-state index is 13.0. The van der Waals surface area contributed by atoms with Crippen LogP contribution in [0.1, 0.15) is 18.1 Å². The second-order valence-electron chi connectivity index (χ2n) is 6.67. The molecule has 0 aliphatic carbocycles. The van der Waals surface area contributed by atoms with Crippen molar-refractivity contribution < 1.29 is 18.7 Å². The molecule has 162 valence electrons. The van der Waals surface area contributed by atoms with Crippen molar-refractivity contribution >= 4 is 29.3 Å². The first-order valence-corrected chi connectivity index (χ1v) is 10.2. The fraction of sp³-hybridized carbons (Fsp3) is 0.120. The highest BCUT2D eigenvalue weighted by molar-refractivity contribution is 6.32. The molecule has 7 heteroatoms. The summed E-state index contributed by atoms with van der Waals surface area (Å²) in [6.45, 7) is 2.51. The number of carbonyl (C=O) groups excluding carboxylic acids is 1. The third kappa shape index (κ3) is 6.10. The van der Waals surface area contributed by atoms with Crippen LogP contribution in [0.25, 0.3) is 6.08 Å². The highest BCUT2D eigenvalue weighted by Crippen LogP contribution is 2.38. The lowest BCUT2D eigenvalue weighted by Gasteiger charge is -2.15. The van der Waals surface area contributed by atoms with Crippen LogP contribution in [0.2, 0.25) is 5.02 Å². The number of nitriles is 1. The molecular formula is C25H20ClFN2O3. The van der Waals surface area contributed by atoms with Gasteiger partial charge in [0.1, 0.15) is 24.1 Å². The summed E-state index contributed by atoms with van der Waals surface area (Å²) < 4.78 is 24.6. The van der Waals surface area contributed by atoms with E-state index in [-0.39, 0.29) is 10.6 Å². The van der Waals surface area contributed by atoms with Crippen molar-refractivity contribution in [3.05, 3.63) is 94.3 Å². The Morgan fingerprint density at radius 3 is 2.50 bits per heavy atom. The number of anilines is 1. The van der Waals surface area contributed by atoms with Gasteiger partial charge < -0.3 is 14.8 Å². The number of halogens is 2. The number of benzene rings is 3. The molecule has 0 atom stereocenters. The SMILES string of the molecule is CCOc1cc(/C=C(\C#N)C(=O)Nc2ccc(F)cc2)cc(Cl)c1OCc1ccccc1. The lowest BCUT2D eigenvalue weighted by molar-refractivity contribution is -0.112. The predicted molar refractivity (Wildman–Crippen MR) is 122 cm³/mol. The molecule has 3 rings (SSSR count). The third-order valence-electron chi connectivity index (χ3n) is 4.34. The van der Waals surface area contributed by atoms with Gasteiger partial charge in [0, 0.05) is 5.69 Å². The van der Waals surface area contributed by atoms with Crippen LogP contribution in [-0.2, 0) is 11.4 Å². The molecule has 1 N–H and O–H groups in total. The van der Waals surface area contributed by atoms with Crippen LogP contribution >= 0.6 is 11.6 Å². The molecule has 0 spiro atoms. The number of ether oxygens (including phenoxy) is 2. The largest absolute Gasteiger partial charge is 0.490 e. The molecule has 1 amide bonds. The van der Waals surface area contributed by atoms with Crippen molar-refractivity contribution in [1.82, 2.24) is 0 Å². The first-order chi connectivity index (χ1) is 15.5. The minimum Gasteiger partial charge on any atom is -0.490 e. The number of hydrogen-bond donors (Lipinski definition) is 1. The van der Waals surface area contributed by atoms with Crippen molar-refractivity contribution in [1.29, 1.82) is 5.26 Å². The zero-order valence-electron chi connectivity index (χ0n) is 17.3. The molecule has 0 unspecified atom stereocenters. The van der Waals surface area contributed by atoms with Crippen LogP contribution in [0.5, 0.6) is 11.5 Å². The third-order valence-corrected chi connectivity index (χ3v) is 4.62. The van der Waals surface area contributed by atoms with Crippen LogP contribution < -0.4 is 14.8 Å². The first-order valence-electron chi connectivity index (χ1n) is 9.82. The van der Waals surface area contributed by atoms with Crippen LogP contribution in [0.3, 0.4) is 0 Å². The highest BCUT2D eigenvalue weighted by atomic mass is 35.5. The van der Waals surface area contributed by atoms with E-state index in [1.165, 1.54) is 30.3 Å². The molecule has 3 aromatic rings. The van der Waals surface area contributed by atoms with E-state index in [9.17, 15) is 14.4 Å². The van der Waals surface area contributed by atoms with E-state index in [4.69, 9.17) is 21.1 Å². The van der Waals surface area contributed by atoms with Crippen LogP contribution in [0.15, 0.2) is 72.3 Å². The van der Waals surface area contributed by atoms with Crippen molar-refractivity contribution in [2.75, 3.05) is 11.9 Å². The van der Waals surface area contributed by atoms with Crippen LogP contribution in [-0.4, -0.2) is 12.5 Å². The normalized spacial score (nSPS) is 10.9. The van der Waals surface area contributed by atoms with E-state index in [1.807, 2.05) is 43.3 Å². The van der Waals surface area contributed by atoms with Gasteiger partial charge in [-0.1, -0.05) is 41.9 Å². The molecule has 0 radical (unpaired) electrons. The molecule has 0 saturated carbocycles. The van der Waals surface area contributed by atoms with Gasteiger partial charge in [0.15, 0.2) is 11.5 Å². The average Bonchev–Trinajstić information content (AvgIpc) is 2.79. The summed E-state index contributed by atoms with van der Waals surface area (Å²) in [6.07, 6.45) is 1.40. The van der Waals surface area contributed by atoms with E-state index in [0.717, 1.165) is 5.56 Å². The van der Waals surface area contributed by atoms with Gasteiger partial charge in [0.25, 0.3) is 5.91 Å². The lowest BCUT2D eigenvalue weighted by atomic mass is 10.1. The first kappa shape index (κ1) is 22.9. The Kier molecular flexibility index (Phi) is 7.85. The van der Waals surface area contributed by atoms with Crippen molar-refractivity contribution in [2.24, 2.45) is 0 Å². The Morgan fingerprint density at radius 1 is 1.12 bits per heavy atom. The Hall–Kier alpha value is -3.82. The van der Waals surface area contributed by atoms with Gasteiger partial charge in [-0.3, -0.25) is 4.79 Å². The molecule has 0 bridgehead atoms. The summed E-state index contributed by atoms with van der Waals surface area (Å²) in [4.78, 5) is 12.5. The highest BCUT2D eigenvalue weighted by Gasteiger charge is 2.15. The van der Waals surface area contributed by atoms with Gasteiger partial charge in [0.2, 0.25) is 0 Å². The van der Waals surface area contributed by atoms with Crippen molar-refractivity contribution in [2.45, 2.75) is 13.5 Å². The fourth-order valence-electron chi connectivity index (χ4n) is 2.85. The minimum absolute atomic E-state index is 0.147. The van der Waals surface area contributed by atoms with Crippen molar-refractivity contribution in [3.8, 4) is 17.6 Å². The fourth-order valence-corrected chi connectivity index (χ4v) is 3.12. The van der Waals surface area contributed by atoms with E-state index in [0.29, 0.717) is 36.0 Å². The minimum atomic E-state index is -0.627. The molecule has 32 heavy (non-hydrogen) atoms. The molecular weight excluding hydrogens is 431 g/mol. The molecule has 3 aromatic carbocycles. The van der Waals surface area contributed by atoms with Crippen molar-refractivity contribution in [3.63, 3.8) is 0 Å². The molecule has 0 heterocycles. The molecule has 0 fully saturated rings. The number of nitrogens with zero attached hydrogens (tertiary/aromatic N) is 1. The van der Waals surface area contributed by atoms with Gasteiger partial charge in [-0.15, -0.1) is 0 Å². The number of amides is 1. The second kappa shape index (κ2) is 11.0. The molecule has 5 nitrogen and oxygen atoms in total. The standard InChI is InChI=1S/C25H20ClFN2O3/c1-2-31-23-14-18(13-22(26)24(23)32-16-17-6-4-3-5-7-17)12-19(15-28)25(30)29-21-10-8-20(27)9-11-21/h3-14H,2,16H2,1H3,(H,29,30)/b19-12+. The number of nitrogens with one attached hydrogen (secondary N) is 1. The summed E-state index contributed by atoms with van der Waals surface area (Å²) >= 11 is 6.43. The zero-order valence-corrected chi connectivity index (χ0v) is 18.0. The number of rotatable bonds is 8. The second-order valence-corrected chi connectivity index (χ2v) is 7.08. The molecule has 0 aliphatic rings. The predicted octanol–water partition coefficient (Wildman–Crippen LogP) is 6.00. The molecule has 0 aromatic heterocycles. The smallest absolute Gasteiger partial charge is 0.266 e. The van der Waals surface area contributed by atoms with Crippen LogP contribution in [0.4, 0.5) is 10.1 Å². The summed E-state index contributed by atoms with van der Waals surface area (Å²) in [6, 6.07) is 20.0. The maximum Gasteiger partial charge on any atom is 0.266 e. The maximum absolute atomic E-state index is 13.0. The number of hydrogen-bond acceptors (Lipinski definition) is 4. The van der Waals surface area contributed by atoms with E-state index < -0.39 is 11.7 Å². The van der Waals surface area contributed by atoms with Gasteiger partial charge in [0.05, 0.1) is 11.6 Å². The Bertz CT molecular complexity index is 1160. The summed E-state index contributed by atoms with van der Waals surface area (Å²) in [7, 11) is 0. The summed E-state index contributed by atoms with van der Waals surface area (Å²) in [5.41, 5.74) is 1.69. The topological polar surface area (TPSA) is 71.3 Å². The van der Waals surface area contributed by atoms with E-state index in [2.05, 4.69) is 5.32 Å². The summed E-state index contributed by atoms with van der Waals surface area (Å²) in [5.74, 6) is -0.272.